The molecule has 1 N–H and O–H groups in total. The maximum atomic E-state index is 9.38. The molecule has 1 aromatic heterocycles. The minimum atomic E-state index is -0.421. The molecule has 3 heteroatoms. The first-order chi connectivity index (χ1) is 8.25. The zero-order chi connectivity index (χ0) is 12.1. The highest BCUT2D eigenvalue weighted by molar-refractivity contribution is 7.07. The second kappa shape index (κ2) is 5.84. The molecule has 2 aromatic rings. The lowest BCUT2D eigenvalue weighted by atomic mass is 10.1. The van der Waals surface area contributed by atoms with Crippen LogP contribution in [0.15, 0.2) is 41.1 Å². The third-order valence-corrected chi connectivity index (χ3v) is 3.33. The van der Waals surface area contributed by atoms with Crippen molar-refractivity contribution in [3.8, 4) is 5.75 Å². The normalized spacial score (nSPS) is 12.4. The van der Waals surface area contributed by atoms with E-state index in [1.807, 2.05) is 24.3 Å². The second-order valence-corrected chi connectivity index (χ2v) is 4.76. The molecule has 0 unspecified atom stereocenters. The maximum absolute atomic E-state index is 9.38. The van der Waals surface area contributed by atoms with Gasteiger partial charge in [-0.1, -0.05) is 12.1 Å². The molecule has 17 heavy (non-hydrogen) atoms. The summed E-state index contributed by atoms with van der Waals surface area (Å²) in [5.41, 5.74) is 2.23. The molecule has 0 bridgehead atoms. The summed E-state index contributed by atoms with van der Waals surface area (Å²) in [6.07, 6.45) is 0.511. The van der Waals surface area contributed by atoms with Gasteiger partial charge in [-0.25, -0.2) is 0 Å². The van der Waals surface area contributed by atoms with Crippen LogP contribution in [0.1, 0.15) is 24.2 Å². The Morgan fingerprint density at radius 3 is 2.59 bits per heavy atom. The van der Waals surface area contributed by atoms with E-state index in [1.165, 1.54) is 5.56 Å². The average Bonchev–Trinajstić information content (AvgIpc) is 2.83. The van der Waals surface area contributed by atoms with Gasteiger partial charge in [0.25, 0.3) is 0 Å². The Bertz CT molecular complexity index is 432. The van der Waals surface area contributed by atoms with Crippen molar-refractivity contribution < 1.29 is 9.84 Å². The lowest BCUT2D eigenvalue weighted by molar-refractivity contribution is 0.199. The SMILES string of the molecule is C[C@@H](O)c1ccc(OCCc2ccsc2)cc1. The predicted octanol–water partition coefficient (Wildman–Crippen LogP) is 3.42. The Kier molecular flexibility index (Phi) is 4.18. The van der Waals surface area contributed by atoms with Crippen LogP contribution in [0.5, 0.6) is 5.75 Å². The second-order valence-electron chi connectivity index (χ2n) is 3.98. The highest BCUT2D eigenvalue weighted by atomic mass is 32.1. The molecule has 90 valence electrons. The van der Waals surface area contributed by atoms with E-state index in [2.05, 4.69) is 16.8 Å². The number of hydrogen-bond acceptors (Lipinski definition) is 3. The molecule has 0 spiro atoms. The zero-order valence-electron chi connectivity index (χ0n) is 9.80. The standard InChI is InChI=1S/C14H16O2S/c1-11(15)13-2-4-14(5-3-13)16-8-6-12-7-9-17-10-12/h2-5,7,9-11,15H,6,8H2,1H3/t11-/m1/s1. The number of thiophene rings is 1. The van der Waals surface area contributed by atoms with Gasteiger partial charge in [0, 0.05) is 6.42 Å². The van der Waals surface area contributed by atoms with E-state index >= 15 is 0 Å². The average molecular weight is 248 g/mol. The molecule has 1 aromatic carbocycles. The van der Waals surface area contributed by atoms with Crippen molar-refractivity contribution >= 4 is 11.3 Å². The fourth-order valence-electron chi connectivity index (χ4n) is 1.56. The number of hydrogen-bond donors (Lipinski definition) is 1. The van der Waals surface area contributed by atoms with E-state index in [1.54, 1.807) is 18.3 Å². The molecule has 1 heterocycles. The first-order valence-corrected chi connectivity index (χ1v) is 6.62. The van der Waals surface area contributed by atoms with Crippen LogP contribution in [0.25, 0.3) is 0 Å². The molecular formula is C14H16O2S. The number of rotatable bonds is 5. The maximum Gasteiger partial charge on any atom is 0.119 e. The minimum Gasteiger partial charge on any atom is -0.493 e. The quantitative estimate of drug-likeness (QED) is 0.878. The van der Waals surface area contributed by atoms with Crippen molar-refractivity contribution in [2.24, 2.45) is 0 Å². The van der Waals surface area contributed by atoms with Gasteiger partial charge in [-0.15, -0.1) is 0 Å². The van der Waals surface area contributed by atoms with Gasteiger partial charge in [0.1, 0.15) is 5.75 Å². The summed E-state index contributed by atoms with van der Waals surface area (Å²) < 4.78 is 5.64. The monoisotopic (exact) mass is 248 g/mol. The molecule has 0 aliphatic rings. The predicted molar refractivity (Wildman–Crippen MR) is 70.6 cm³/mol. The summed E-state index contributed by atoms with van der Waals surface area (Å²) in [7, 11) is 0. The zero-order valence-corrected chi connectivity index (χ0v) is 10.6. The molecule has 2 rings (SSSR count). The van der Waals surface area contributed by atoms with Crippen LogP contribution in [-0.4, -0.2) is 11.7 Å². The van der Waals surface area contributed by atoms with Gasteiger partial charge in [0.15, 0.2) is 0 Å². The highest BCUT2D eigenvalue weighted by Gasteiger charge is 2.00. The summed E-state index contributed by atoms with van der Waals surface area (Å²) in [6, 6.07) is 9.70. The Balaban J connectivity index is 1.83. The van der Waals surface area contributed by atoms with E-state index in [9.17, 15) is 5.11 Å². The third-order valence-electron chi connectivity index (χ3n) is 2.60. The Labute approximate surface area is 105 Å². The smallest absolute Gasteiger partial charge is 0.119 e. The van der Waals surface area contributed by atoms with Crippen molar-refractivity contribution in [2.75, 3.05) is 6.61 Å². The topological polar surface area (TPSA) is 29.5 Å². The van der Waals surface area contributed by atoms with Crippen molar-refractivity contribution in [3.05, 3.63) is 52.2 Å². The Morgan fingerprint density at radius 1 is 1.24 bits per heavy atom. The summed E-state index contributed by atoms with van der Waals surface area (Å²) in [6.45, 7) is 2.44. The van der Waals surface area contributed by atoms with E-state index in [0.29, 0.717) is 6.61 Å². The van der Waals surface area contributed by atoms with Gasteiger partial charge in [-0.3, -0.25) is 0 Å². The van der Waals surface area contributed by atoms with Crippen LogP contribution >= 0.6 is 11.3 Å². The van der Waals surface area contributed by atoms with Gasteiger partial charge in [0.2, 0.25) is 0 Å². The van der Waals surface area contributed by atoms with Crippen LogP contribution in [0.3, 0.4) is 0 Å². The molecule has 0 aliphatic heterocycles. The van der Waals surface area contributed by atoms with Crippen molar-refractivity contribution in [1.82, 2.24) is 0 Å². The van der Waals surface area contributed by atoms with Gasteiger partial charge < -0.3 is 9.84 Å². The summed E-state index contributed by atoms with van der Waals surface area (Å²) >= 11 is 1.71. The molecule has 0 radical (unpaired) electrons. The van der Waals surface area contributed by atoms with Crippen LogP contribution in [0, 0.1) is 0 Å². The number of aliphatic hydroxyl groups excluding tert-OH is 1. The van der Waals surface area contributed by atoms with Crippen LogP contribution in [-0.2, 0) is 6.42 Å². The molecule has 1 atom stereocenters. The van der Waals surface area contributed by atoms with Crippen LogP contribution in [0.4, 0.5) is 0 Å². The minimum absolute atomic E-state index is 0.421. The third kappa shape index (κ3) is 3.58. The number of aliphatic hydroxyl groups is 1. The van der Waals surface area contributed by atoms with Crippen LogP contribution in [0.2, 0.25) is 0 Å². The van der Waals surface area contributed by atoms with E-state index in [0.717, 1.165) is 17.7 Å². The molecule has 0 saturated carbocycles. The van der Waals surface area contributed by atoms with Gasteiger partial charge in [0.05, 0.1) is 12.7 Å². The van der Waals surface area contributed by atoms with Crippen molar-refractivity contribution in [1.29, 1.82) is 0 Å². The first-order valence-electron chi connectivity index (χ1n) is 5.67. The Morgan fingerprint density at radius 2 is 2.00 bits per heavy atom. The lowest BCUT2D eigenvalue weighted by Crippen LogP contribution is -2.00. The fraction of sp³-hybridized carbons (Fsp3) is 0.286. The highest BCUT2D eigenvalue weighted by Crippen LogP contribution is 2.17. The summed E-state index contributed by atoms with van der Waals surface area (Å²) in [5.74, 6) is 0.852. The van der Waals surface area contributed by atoms with Crippen molar-refractivity contribution in [2.45, 2.75) is 19.4 Å². The Hall–Kier alpha value is -1.32. The number of ether oxygens (including phenoxy) is 1. The molecular weight excluding hydrogens is 232 g/mol. The van der Waals surface area contributed by atoms with Crippen LogP contribution < -0.4 is 4.74 Å². The lowest BCUT2D eigenvalue weighted by Gasteiger charge is -2.08. The largest absolute Gasteiger partial charge is 0.493 e. The number of benzene rings is 1. The van der Waals surface area contributed by atoms with Gasteiger partial charge >= 0.3 is 0 Å². The molecule has 0 saturated heterocycles. The van der Waals surface area contributed by atoms with E-state index in [-0.39, 0.29) is 0 Å². The van der Waals surface area contributed by atoms with Crippen molar-refractivity contribution in [3.63, 3.8) is 0 Å². The van der Waals surface area contributed by atoms with Gasteiger partial charge in [-0.2, -0.15) is 11.3 Å². The first kappa shape index (κ1) is 12.1. The summed E-state index contributed by atoms with van der Waals surface area (Å²) in [4.78, 5) is 0. The van der Waals surface area contributed by atoms with E-state index < -0.39 is 6.10 Å². The van der Waals surface area contributed by atoms with E-state index in [4.69, 9.17) is 4.74 Å². The van der Waals surface area contributed by atoms with Gasteiger partial charge in [-0.05, 0) is 47.0 Å². The molecule has 0 fully saturated rings. The fourth-order valence-corrected chi connectivity index (χ4v) is 2.27. The summed E-state index contributed by atoms with van der Waals surface area (Å²) in [5, 5.41) is 13.6. The molecule has 2 nitrogen and oxygen atoms in total. The molecule has 0 amide bonds. The molecule has 0 aliphatic carbocycles.